The van der Waals surface area contributed by atoms with E-state index in [4.69, 9.17) is 4.74 Å². The molecule has 3 rings (SSSR count). The summed E-state index contributed by atoms with van der Waals surface area (Å²) in [5.74, 6) is 1.83. The zero-order valence-corrected chi connectivity index (χ0v) is 11.2. The van der Waals surface area contributed by atoms with Gasteiger partial charge in [0.2, 0.25) is 0 Å². The van der Waals surface area contributed by atoms with E-state index in [0.29, 0.717) is 18.1 Å². The standard InChI is InChI=1S/C8H15NO.C7H6O/c1-2-8(10)7-3-5-9-6-4-7;1-8-7-3-2-5-4-6(5)7/h7,9H,2-6H2,1H3;2-4H,1H3. The fourth-order valence-electron chi connectivity index (χ4n) is 2.34. The second-order valence-electron chi connectivity index (χ2n) is 4.76. The van der Waals surface area contributed by atoms with Gasteiger partial charge in [0.1, 0.15) is 11.5 Å². The monoisotopic (exact) mass is 247 g/mol. The summed E-state index contributed by atoms with van der Waals surface area (Å²) < 4.78 is 5.01. The molecule has 0 aromatic heterocycles. The molecular formula is C15H21NO2. The minimum absolute atomic E-state index is 0.367. The summed E-state index contributed by atoms with van der Waals surface area (Å²) in [6.07, 6.45) is 2.81. The molecule has 0 spiro atoms. The Morgan fingerprint density at radius 2 is 2.11 bits per heavy atom. The van der Waals surface area contributed by atoms with Gasteiger partial charge in [0.25, 0.3) is 0 Å². The largest absolute Gasteiger partial charge is 0.496 e. The van der Waals surface area contributed by atoms with Crippen LogP contribution in [0.5, 0.6) is 5.75 Å². The number of piperidine rings is 1. The summed E-state index contributed by atoms with van der Waals surface area (Å²) in [5, 5.41) is 3.24. The molecule has 0 amide bonds. The molecule has 0 radical (unpaired) electrons. The van der Waals surface area contributed by atoms with Crippen molar-refractivity contribution in [1.82, 2.24) is 5.32 Å². The van der Waals surface area contributed by atoms with Gasteiger partial charge >= 0.3 is 0 Å². The summed E-state index contributed by atoms with van der Waals surface area (Å²) in [5.41, 5.74) is 2.62. The van der Waals surface area contributed by atoms with Crippen LogP contribution in [0.25, 0.3) is 11.1 Å². The van der Waals surface area contributed by atoms with Crippen molar-refractivity contribution in [3.05, 3.63) is 18.2 Å². The molecule has 1 fully saturated rings. The molecule has 0 aromatic carbocycles. The number of Topliss-reactive ketones (excluding diaryl/α,β-unsaturated/α-hetero) is 1. The first kappa shape index (κ1) is 13.1. The van der Waals surface area contributed by atoms with Gasteiger partial charge in [0.15, 0.2) is 0 Å². The van der Waals surface area contributed by atoms with Gasteiger partial charge < -0.3 is 10.1 Å². The summed E-state index contributed by atoms with van der Waals surface area (Å²) >= 11 is 0. The third-order valence-electron chi connectivity index (χ3n) is 3.57. The minimum atomic E-state index is 0.367. The van der Waals surface area contributed by atoms with Crippen molar-refractivity contribution in [3.63, 3.8) is 0 Å². The van der Waals surface area contributed by atoms with Gasteiger partial charge in [-0.05, 0) is 43.6 Å². The summed E-state index contributed by atoms with van der Waals surface area (Å²) in [6.45, 7) is 4.00. The predicted octanol–water partition coefficient (Wildman–Crippen LogP) is 2.64. The van der Waals surface area contributed by atoms with E-state index >= 15 is 0 Å². The molecule has 0 aromatic rings. The van der Waals surface area contributed by atoms with Crippen molar-refractivity contribution in [3.8, 4) is 16.9 Å². The van der Waals surface area contributed by atoms with Crippen molar-refractivity contribution < 1.29 is 9.53 Å². The van der Waals surface area contributed by atoms with Gasteiger partial charge in [-0.25, -0.2) is 0 Å². The molecule has 1 N–H and O–H groups in total. The Balaban J connectivity index is 0.000000136. The Labute approximate surface area is 109 Å². The maximum absolute atomic E-state index is 11.1. The smallest absolute Gasteiger partial charge is 0.135 e. The maximum Gasteiger partial charge on any atom is 0.135 e. The lowest BCUT2D eigenvalue weighted by Crippen LogP contribution is -2.31. The SMILES string of the molecule is CCC(=O)C1CCNCC1.COc1ccc2cc1-2. The third-order valence-corrected chi connectivity index (χ3v) is 3.57. The minimum Gasteiger partial charge on any atom is -0.496 e. The van der Waals surface area contributed by atoms with Crippen molar-refractivity contribution in [2.24, 2.45) is 5.92 Å². The Morgan fingerprint density at radius 1 is 1.39 bits per heavy atom. The number of ether oxygens (including phenoxy) is 1. The van der Waals surface area contributed by atoms with E-state index in [9.17, 15) is 4.79 Å². The molecule has 0 saturated carbocycles. The first-order valence-electron chi connectivity index (χ1n) is 6.68. The number of ketones is 1. The van der Waals surface area contributed by atoms with Gasteiger partial charge in [-0.3, -0.25) is 4.79 Å². The van der Waals surface area contributed by atoms with E-state index < -0.39 is 0 Å². The van der Waals surface area contributed by atoms with E-state index in [2.05, 4.69) is 17.4 Å². The topological polar surface area (TPSA) is 38.3 Å². The van der Waals surface area contributed by atoms with Gasteiger partial charge in [-0.2, -0.15) is 0 Å². The maximum atomic E-state index is 11.1. The first-order chi connectivity index (χ1) is 8.76. The quantitative estimate of drug-likeness (QED) is 0.906. The predicted molar refractivity (Wildman–Crippen MR) is 72.9 cm³/mol. The fourth-order valence-corrected chi connectivity index (χ4v) is 2.34. The second kappa shape index (κ2) is 6.01. The lowest BCUT2D eigenvalue weighted by atomic mass is 9.92. The summed E-state index contributed by atoms with van der Waals surface area (Å²) in [4.78, 5) is 11.1. The highest BCUT2D eigenvalue weighted by Gasteiger charge is 2.18. The molecule has 0 unspecified atom stereocenters. The zero-order valence-electron chi connectivity index (χ0n) is 11.2. The number of rotatable bonds is 3. The molecule has 2 aliphatic carbocycles. The molecule has 1 heterocycles. The zero-order chi connectivity index (χ0) is 13.0. The van der Waals surface area contributed by atoms with Crippen molar-refractivity contribution in [2.45, 2.75) is 26.2 Å². The first-order valence-corrected chi connectivity index (χ1v) is 6.68. The molecule has 1 aliphatic heterocycles. The summed E-state index contributed by atoms with van der Waals surface area (Å²) in [6, 6.07) is 6.16. The van der Waals surface area contributed by atoms with Crippen molar-refractivity contribution >= 4 is 5.78 Å². The number of carbonyl (C=O) groups excluding carboxylic acids is 1. The lowest BCUT2D eigenvalue weighted by molar-refractivity contribution is -0.123. The summed E-state index contributed by atoms with van der Waals surface area (Å²) in [7, 11) is 1.70. The van der Waals surface area contributed by atoms with E-state index in [1.165, 1.54) is 11.1 Å². The lowest BCUT2D eigenvalue weighted by Gasteiger charge is -2.20. The fraction of sp³-hybridized carbons (Fsp3) is 0.533. The number of benzene rings is 1. The molecule has 0 atom stereocenters. The second-order valence-corrected chi connectivity index (χ2v) is 4.76. The Kier molecular flexibility index (Phi) is 4.37. The Morgan fingerprint density at radius 3 is 2.50 bits per heavy atom. The molecular weight excluding hydrogens is 226 g/mol. The van der Waals surface area contributed by atoms with Gasteiger partial charge in [-0.15, -0.1) is 0 Å². The normalized spacial score (nSPS) is 16.6. The number of nitrogens with one attached hydrogen (secondary N) is 1. The average Bonchev–Trinajstić information content (AvgIpc) is 3.11. The van der Waals surface area contributed by atoms with Crippen molar-refractivity contribution in [1.29, 1.82) is 0 Å². The average molecular weight is 247 g/mol. The van der Waals surface area contributed by atoms with Crippen LogP contribution >= 0.6 is 0 Å². The Hall–Kier alpha value is -1.35. The van der Waals surface area contributed by atoms with Crippen molar-refractivity contribution in [2.75, 3.05) is 20.2 Å². The van der Waals surface area contributed by atoms with E-state index in [1.807, 2.05) is 13.0 Å². The molecule has 3 heteroatoms. The van der Waals surface area contributed by atoms with Crippen LogP contribution in [0.3, 0.4) is 0 Å². The molecule has 98 valence electrons. The number of methoxy groups -OCH3 is 1. The number of hydrogen-bond acceptors (Lipinski definition) is 3. The van der Waals surface area contributed by atoms with Crippen LogP contribution in [0.2, 0.25) is 0 Å². The number of carbonyl (C=O) groups is 1. The van der Waals surface area contributed by atoms with Crippen LogP contribution in [-0.4, -0.2) is 26.0 Å². The van der Waals surface area contributed by atoms with Crippen LogP contribution in [0.1, 0.15) is 26.2 Å². The number of fused-ring (bicyclic) bond motifs is 1. The van der Waals surface area contributed by atoms with Crippen LogP contribution < -0.4 is 10.1 Å². The van der Waals surface area contributed by atoms with Gasteiger partial charge in [0, 0.05) is 17.9 Å². The Bertz CT molecular complexity index is 423. The number of hydrogen-bond donors (Lipinski definition) is 1. The van der Waals surface area contributed by atoms with E-state index in [0.717, 1.165) is 31.7 Å². The highest BCUT2D eigenvalue weighted by molar-refractivity contribution is 5.87. The molecule has 1 saturated heterocycles. The third kappa shape index (κ3) is 3.10. The van der Waals surface area contributed by atoms with E-state index in [-0.39, 0.29) is 0 Å². The molecule has 3 aliphatic rings. The van der Waals surface area contributed by atoms with Crippen LogP contribution in [0.15, 0.2) is 18.2 Å². The van der Waals surface area contributed by atoms with Crippen LogP contribution in [0, 0.1) is 5.92 Å². The van der Waals surface area contributed by atoms with E-state index in [1.54, 1.807) is 7.11 Å². The van der Waals surface area contributed by atoms with Crippen LogP contribution in [-0.2, 0) is 4.79 Å². The molecule has 3 nitrogen and oxygen atoms in total. The van der Waals surface area contributed by atoms with Gasteiger partial charge in [0.05, 0.1) is 7.11 Å². The van der Waals surface area contributed by atoms with Gasteiger partial charge in [-0.1, -0.05) is 13.0 Å². The highest BCUT2D eigenvalue weighted by atomic mass is 16.5. The molecule has 0 bridgehead atoms. The highest BCUT2D eigenvalue weighted by Crippen LogP contribution is 2.43. The molecule has 18 heavy (non-hydrogen) atoms. The van der Waals surface area contributed by atoms with Crippen LogP contribution in [0.4, 0.5) is 0 Å².